The van der Waals surface area contributed by atoms with E-state index in [1.807, 2.05) is 18.7 Å². The molecule has 0 aromatic carbocycles. The van der Waals surface area contributed by atoms with E-state index in [1.54, 1.807) is 17.9 Å². The number of hydrogen-bond donors (Lipinski definition) is 0. The Bertz CT molecular complexity index is 464. The first-order valence-electron chi connectivity index (χ1n) is 7.02. The minimum Gasteiger partial charge on any atom is -0.479 e. The fourth-order valence-corrected chi connectivity index (χ4v) is 2.69. The molecule has 6 heteroatoms. The number of rotatable bonds is 4. The van der Waals surface area contributed by atoms with Gasteiger partial charge in [-0.1, -0.05) is 0 Å². The van der Waals surface area contributed by atoms with E-state index in [-0.39, 0.29) is 18.0 Å². The van der Waals surface area contributed by atoms with Crippen molar-refractivity contribution in [1.82, 2.24) is 14.7 Å². The van der Waals surface area contributed by atoms with Crippen LogP contribution < -0.4 is 4.74 Å². The molecule has 0 atom stereocenters. The maximum absolute atomic E-state index is 12.8. The number of aromatic nitrogens is 2. The number of amides is 1. The van der Waals surface area contributed by atoms with Crippen LogP contribution in [0.3, 0.4) is 0 Å². The van der Waals surface area contributed by atoms with E-state index in [2.05, 4.69) is 5.10 Å². The van der Waals surface area contributed by atoms with Crippen LogP contribution in [-0.4, -0.2) is 53.0 Å². The van der Waals surface area contributed by atoms with Gasteiger partial charge in [0, 0.05) is 38.5 Å². The second-order valence-electron chi connectivity index (χ2n) is 5.38. The van der Waals surface area contributed by atoms with Crippen molar-refractivity contribution in [2.75, 3.05) is 20.3 Å². The number of hydrogen-bond acceptors (Lipinski definition) is 4. The number of aryl methyl sites for hydroxylation is 1. The standard InChI is InChI=1S/C14H23N3O3/c1-10(2)17(11-5-7-20-8-6-11)14(18)12-9-16(3)15-13(12)19-4/h9-11H,5-8H2,1-4H3. The number of ether oxygens (including phenoxy) is 2. The third-order valence-electron chi connectivity index (χ3n) is 3.59. The molecule has 1 aromatic heterocycles. The summed E-state index contributed by atoms with van der Waals surface area (Å²) < 4.78 is 12.2. The average molecular weight is 281 g/mol. The number of carbonyl (C=O) groups is 1. The van der Waals surface area contributed by atoms with E-state index < -0.39 is 0 Å². The van der Waals surface area contributed by atoms with Gasteiger partial charge in [-0.2, -0.15) is 0 Å². The lowest BCUT2D eigenvalue weighted by molar-refractivity contribution is 0.0204. The van der Waals surface area contributed by atoms with Gasteiger partial charge in [-0.15, -0.1) is 5.10 Å². The van der Waals surface area contributed by atoms with Crippen LogP contribution in [0.2, 0.25) is 0 Å². The molecule has 1 aromatic rings. The molecule has 1 fully saturated rings. The Kier molecular flexibility index (Phi) is 4.65. The lowest BCUT2D eigenvalue weighted by Gasteiger charge is -2.37. The summed E-state index contributed by atoms with van der Waals surface area (Å²) in [7, 11) is 3.32. The molecule has 0 saturated carbocycles. The van der Waals surface area contributed by atoms with Gasteiger partial charge in [0.05, 0.1) is 7.11 Å². The second kappa shape index (κ2) is 6.26. The Morgan fingerprint density at radius 3 is 2.70 bits per heavy atom. The predicted octanol–water partition coefficient (Wildman–Crippen LogP) is 1.46. The summed E-state index contributed by atoms with van der Waals surface area (Å²) in [6.07, 6.45) is 3.48. The summed E-state index contributed by atoms with van der Waals surface area (Å²) in [4.78, 5) is 14.8. The molecule has 0 N–H and O–H groups in total. The van der Waals surface area contributed by atoms with Crippen molar-refractivity contribution in [3.05, 3.63) is 11.8 Å². The van der Waals surface area contributed by atoms with Crippen LogP contribution in [0.15, 0.2) is 6.20 Å². The third kappa shape index (κ3) is 2.95. The van der Waals surface area contributed by atoms with Gasteiger partial charge in [-0.3, -0.25) is 9.48 Å². The van der Waals surface area contributed by atoms with E-state index in [9.17, 15) is 4.79 Å². The monoisotopic (exact) mass is 281 g/mol. The van der Waals surface area contributed by atoms with Crippen molar-refractivity contribution >= 4 is 5.91 Å². The topological polar surface area (TPSA) is 56.6 Å². The Morgan fingerprint density at radius 2 is 2.15 bits per heavy atom. The number of nitrogens with zero attached hydrogens (tertiary/aromatic N) is 3. The molecule has 2 rings (SSSR count). The summed E-state index contributed by atoms with van der Waals surface area (Å²) in [6, 6.07) is 0.358. The van der Waals surface area contributed by atoms with Gasteiger partial charge in [0.2, 0.25) is 5.88 Å². The first-order chi connectivity index (χ1) is 9.54. The summed E-state index contributed by atoms with van der Waals surface area (Å²) in [5.74, 6) is 0.368. The van der Waals surface area contributed by atoms with Gasteiger partial charge < -0.3 is 14.4 Å². The van der Waals surface area contributed by atoms with Crippen LogP contribution in [0.25, 0.3) is 0 Å². The second-order valence-corrected chi connectivity index (χ2v) is 5.38. The SMILES string of the molecule is COc1nn(C)cc1C(=O)N(C(C)C)C1CCOCC1. The summed E-state index contributed by atoms with van der Waals surface area (Å²) in [6.45, 7) is 5.50. The molecule has 112 valence electrons. The van der Waals surface area contributed by atoms with Gasteiger partial charge in [0.25, 0.3) is 5.91 Å². The first-order valence-corrected chi connectivity index (χ1v) is 7.02. The van der Waals surface area contributed by atoms with Crippen molar-refractivity contribution < 1.29 is 14.3 Å². The zero-order valence-electron chi connectivity index (χ0n) is 12.6. The van der Waals surface area contributed by atoms with Crippen molar-refractivity contribution in [2.24, 2.45) is 7.05 Å². The molecule has 0 aliphatic carbocycles. The molecule has 0 radical (unpaired) electrons. The highest BCUT2D eigenvalue weighted by Crippen LogP contribution is 2.24. The summed E-state index contributed by atoms with van der Waals surface area (Å²) in [5.41, 5.74) is 0.523. The predicted molar refractivity (Wildman–Crippen MR) is 74.9 cm³/mol. The molecule has 1 aliphatic rings. The minimum atomic E-state index is -0.0168. The molecular weight excluding hydrogens is 258 g/mol. The van der Waals surface area contributed by atoms with Gasteiger partial charge >= 0.3 is 0 Å². The average Bonchev–Trinajstić information content (AvgIpc) is 2.81. The quantitative estimate of drug-likeness (QED) is 0.838. The maximum atomic E-state index is 12.8. The van der Waals surface area contributed by atoms with E-state index >= 15 is 0 Å². The molecule has 1 aliphatic heterocycles. The lowest BCUT2D eigenvalue weighted by Crippen LogP contribution is -2.47. The van der Waals surface area contributed by atoms with Gasteiger partial charge in [0.1, 0.15) is 5.56 Å². The van der Waals surface area contributed by atoms with E-state index in [4.69, 9.17) is 9.47 Å². The van der Waals surface area contributed by atoms with Crippen molar-refractivity contribution in [1.29, 1.82) is 0 Å². The van der Waals surface area contributed by atoms with Crippen LogP contribution >= 0.6 is 0 Å². The third-order valence-corrected chi connectivity index (χ3v) is 3.59. The molecule has 20 heavy (non-hydrogen) atoms. The van der Waals surface area contributed by atoms with E-state index in [1.165, 1.54) is 7.11 Å². The minimum absolute atomic E-state index is 0.0168. The highest BCUT2D eigenvalue weighted by molar-refractivity contribution is 5.96. The van der Waals surface area contributed by atoms with Crippen LogP contribution in [0.1, 0.15) is 37.0 Å². The number of carbonyl (C=O) groups excluding carboxylic acids is 1. The van der Waals surface area contributed by atoms with Crippen LogP contribution in [0.5, 0.6) is 5.88 Å². The molecule has 1 saturated heterocycles. The summed E-state index contributed by atoms with van der Waals surface area (Å²) >= 11 is 0. The smallest absolute Gasteiger partial charge is 0.261 e. The van der Waals surface area contributed by atoms with Gasteiger partial charge in [0.15, 0.2) is 0 Å². The fraction of sp³-hybridized carbons (Fsp3) is 0.714. The molecule has 0 unspecified atom stereocenters. The normalized spacial score (nSPS) is 16.4. The highest BCUT2D eigenvalue weighted by atomic mass is 16.5. The van der Waals surface area contributed by atoms with Crippen LogP contribution in [0, 0.1) is 0 Å². The maximum Gasteiger partial charge on any atom is 0.261 e. The molecule has 6 nitrogen and oxygen atoms in total. The Balaban J connectivity index is 2.26. The molecule has 1 amide bonds. The van der Waals surface area contributed by atoms with Crippen molar-refractivity contribution in [2.45, 2.75) is 38.8 Å². The lowest BCUT2D eigenvalue weighted by atomic mass is 10.0. The Hall–Kier alpha value is -1.56. The van der Waals surface area contributed by atoms with E-state index in [0.29, 0.717) is 24.7 Å². The van der Waals surface area contributed by atoms with Gasteiger partial charge in [-0.05, 0) is 26.7 Å². The zero-order chi connectivity index (χ0) is 14.7. The zero-order valence-corrected chi connectivity index (χ0v) is 12.6. The summed E-state index contributed by atoms with van der Waals surface area (Å²) in [5, 5.41) is 4.16. The fourth-order valence-electron chi connectivity index (χ4n) is 2.69. The largest absolute Gasteiger partial charge is 0.479 e. The van der Waals surface area contributed by atoms with Crippen molar-refractivity contribution in [3.63, 3.8) is 0 Å². The first kappa shape index (κ1) is 14.8. The highest BCUT2D eigenvalue weighted by Gasteiger charge is 2.31. The Morgan fingerprint density at radius 1 is 1.50 bits per heavy atom. The van der Waals surface area contributed by atoms with Crippen LogP contribution in [-0.2, 0) is 11.8 Å². The van der Waals surface area contributed by atoms with Crippen LogP contribution in [0.4, 0.5) is 0 Å². The van der Waals surface area contributed by atoms with Gasteiger partial charge in [-0.25, -0.2) is 0 Å². The number of methoxy groups -OCH3 is 1. The van der Waals surface area contributed by atoms with E-state index in [0.717, 1.165) is 12.8 Å². The van der Waals surface area contributed by atoms with Crippen molar-refractivity contribution in [3.8, 4) is 5.88 Å². The molecular formula is C14H23N3O3. The Labute approximate surface area is 119 Å². The molecule has 0 spiro atoms. The molecule has 2 heterocycles. The molecule has 0 bridgehead atoms.